The minimum atomic E-state index is -0.724. The smallest absolute Gasteiger partial charge is 0.323 e. The molecule has 4 heteroatoms. The molecule has 2 atom stereocenters. The first-order valence-corrected chi connectivity index (χ1v) is 8.27. The van der Waals surface area contributed by atoms with Crippen molar-refractivity contribution in [1.82, 2.24) is 10.2 Å². The van der Waals surface area contributed by atoms with Crippen molar-refractivity contribution in [3.05, 3.63) is 0 Å². The summed E-state index contributed by atoms with van der Waals surface area (Å²) in [6.07, 6.45) is 7.75. The van der Waals surface area contributed by atoms with Crippen molar-refractivity contribution in [3.63, 3.8) is 0 Å². The highest BCUT2D eigenvalue weighted by Crippen LogP contribution is 2.26. The lowest BCUT2D eigenvalue weighted by Gasteiger charge is -2.26. The molecule has 20 heavy (non-hydrogen) atoms. The van der Waals surface area contributed by atoms with Crippen LogP contribution in [0.25, 0.3) is 0 Å². The van der Waals surface area contributed by atoms with E-state index in [0.29, 0.717) is 6.04 Å². The van der Waals surface area contributed by atoms with Gasteiger partial charge in [0.1, 0.15) is 5.54 Å². The first-order chi connectivity index (χ1) is 9.53. The first kappa shape index (κ1) is 15.8. The van der Waals surface area contributed by atoms with Crippen molar-refractivity contribution in [3.8, 4) is 0 Å². The van der Waals surface area contributed by atoms with Crippen LogP contribution in [0.5, 0.6) is 0 Å². The van der Waals surface area contributed by atoms with Gasteiger partial charge in [-0.25, -0.2) is 0 Å². The lowest BCUT2D eigenvalue weighted by molar-refractivity contribution is -0.144. The van der Waals surface area contributed by atoms with Crippen LogP contribution in [0, 0.1) is 5.92 Å². The molecule has 1 heterocycles. The lowest BCUT2D eigenvalue weighted by atomic mass is 9.94. The number of likely N-dealkylation sites (tertiary alicyclic amines) is 1. The maximum absolute atomic E-state index is 11.4. The Kier molecular flexibility index (Phi) is 5.44. The van der Waals surface area contributed by atoms with Gasteiger partial charge in [-0.1, -0.05) is 13.3 Å². The largest absolute Gasteiger partial charge is 0.480 e. The molecule has 2 aliphatic rings. The number of rotatable bonds is 9. The van der Waals surface area contributed by atoms with Gasteiger partial charge in [0.25, 0.3) is 0 Å². The van der Waals surface area contributed by atoms with Gasteiger partial charge in [0, 0.05) is 12.6 Å². The van der Waals surface area contributed by atoms with Crippen molar-refractivity contribution in [2.45, 2.75) is 70.4 Å². The summed E-state index contributed by atoms with van der Waals surface area (Å²) in [4.78, 5) is 14.0. The summed E-state index contributed by atoms with van der Waals surface area (Å²) in [6, 6.07) is 0.444. The van der Waals surface area contributed by atoms with Gasteiger partial charge < -0.3 is 10.0 Å². The minimum absolute atomic E-state index is 0.444. The zero-order valence-corrected chi connectivity index (χ0v) is 13.0. The van der Waals surface area contributed by atoms with Crippen molar-refractivity contribution in [1.29, 1.82) is 0 Å². The first-order valence-electron chi connectivity index (χ1n) is 8.27. The van der Waals surface area contributed by atoms with Gasteiger partial charge in [0.15, 0.2) is 0 Å². The standard InChI is InChI=1S/C16H30N2O2/c1-3-13-8-11-18(12-13)10-5-4-9-16(2,15(19)20)17-14-6-7-14/h13-14,17H,3-12H2,1-2H3,(H,19,20). The summed E-state index contributed by atoms with van der Waals surface area (Å²) >= 11 is 0. The van der Waals surface area contributed by atoms with Crippen LogP contribution in [0.15, 0.2) is 0 Å². The van der Waals surface area contributed by atoms with E-state index in [1.165, 1.54) is 25.9 Å². The molecule has 2 unspecified atom stereocenters. The Balaban J connectivity index is 1.64. The lowest BCUT2D eigenvalue weighted by Crippen LogP contribution is -2.50. The van der Waals surface area contributed by atoms with Crippen molar-refractivity contribution in [2.24, 2.45) is 5.92 Å². The molecular weight excluding hydrogens is 252 g/mol. The second kappa shape index (κ2) is 6.90. The van der Waals surface area contributed by atoms with Gasteiger partial charge in [0.2, 0.25) is 0 Å². The Labute approximate surface area is 122 Å². The molecule has 4 nitrogen and oxygen atoms in total. The Morgan fingerprint density at radius 2 is 2.10 bits per heavy atom. The third kappa shape index (κ3) is 4.45. The highest BCUT2D eigenvalue weighted by molar-refractivity contribution is 5.78. The van der Waals surface area contributed by atoms with Crippen LogP contribution in [0.3, 0.4) is 0 Å². The molecule has 2 N–H and O–H groups in total. The molecular formula is C16H30N2O2. The third-order valence-corrected chi connectivity index (χ3v) is 4.92. The number of hydrogen-bond acceptors (Lipinski definition) is 3. The minimum Gasteiger partial charge on any atom is -0.480 e. The summed E-state index contributed by atoms with van der Waals surface area (Å²) in [5.41, 5.74) is -0.724. The molecule has 0 bridgehead atoms. The number of nitrogens with zero attached hydrogens (tertiary/aromatic N) is 1. The molecule has 1 aliphatic carbocycles. The molecule has 1 saturated heterocycles. The normalized spacial score (nSPS) is 26.6. The van der Waals surface area contributed by atoms with E-state index in [2.05, 4.69) is 17.1 Å². The second-order valence-electron chi connectivity index (χ2n) is 6.88. The SMILES string of the molecule is CCC1CCN(CCCCC(C)(NC2CC2)C(=O)O)C1. The Hall–Kier alpha value is -0.610. The number of carbonyl (C=O) groups is 1. The topological polar surface area (TPSA) is 52.6 Å². The van der Waals surface area contributed by atoms with Gasteiger partial charge in [0.05, 0.1) is 0 Å². The molecule has 0 aromatic heterocycles. The molecule has 0 aromatic rings. The van der Waals surface area contributed by atoms with E-state index in [-0.39, 0.29) is 0 Å². The van der Waals surface area contributed by atoms with Crippen molar-refractivity contribution < 1.29 is 9.90 Å². The zero-order valence-electron chi connectivity index (χ0n) is 13.0. The van der Waals surface area contributed by atoms with E-state index in [4.69, 9.17) is 0 Å². The molecule has 1 aliphatic heterocycles. The van der Waals surface area contributed by atoms with Crippen LogP contribution in [0.1, 0.15) is 58.8 Å². The van der Waals surface area contributed by atoms with Crippen LogP contribution in [0.2, 0.25) is 0 Å². The number of hydrogen-bond donors (Lipinski definition) is 2. The Bertz CT molecular complexity index is 330. The predicted octanol–water partition coefficient (Wildman–Crippen LogP) is 2.48. The van der Waals surface area contributed by atoms with Crippen LogP contribution in [0.4, 0.5) is 0 Å². The van der Waals surface area contributed by atoms with Gasteiger partial charge in [-0.3, -0.25) is 10.1 Å². The van der Waals surface area contributed by atoms with Crippen LogP contribution >= 0.6 is 0 Å². The maximum atomic E-state index is 11.4. The summed E-state index contributed by atoms with van der Waals surface area (Å²) in [6.45, 7) is 7.73. The monoisotopic (exact) mass is 282 g/mol. The molecule has 0 amide bonds. The van der Waals surface area contributed by atoms with E-state index in [1.807, 2.05) is 6.92 Å². The van der Waals surface area contributed by atoms with E-state index in [0.717, 1.165) is 44.6 Å². The van der Waals surface area contributed by atoms with E-state index in [9.17, 15) is 9.90 Å². The summed E-state index contributed by atoms with van der Waals surface area (Å²) in [5.74, 6) is 0.187. The average Bonchev–Trinajstić information content (AvgIpc) is 3.10. The highest BCUT2D eigenvalue weighted by Gasteiger charge is 2.37. The molecule has 2 fully saturated rings. The molecule has 1 saturated carbocycles. The van der Waals surface area contributed by atoms with E-state index in [1.54, 1.807) is 0 Å². The number of nitrogens with one attached hydrogen (secondary N) is 1. The summed E-state index contributed by atoms with van der Waals surface area (Å²) in [5, 5.41) is 12.7. The fraction of sp³-hybridized carbons (Fsp3) is 0.938. The number of unbranched alkanes of at least 4 members (excludes halogenated alkanes) is 1. The van der Waals surface area contributed by atoms with Gasteiger partial charge in [-0.2, -0.15) is 0 Å². The Morgan fingerprint density at radius 1 is 1.35 bits per heavy atom. The predicted molar refractivity (Wildman–Crippen MR) is 80.9 cm³/mol. The molecule has 116 valence electrons. The molecule has 0 spiro atoms. The van der Waals surface area contributed by atoms with Crippen molar-refractivity contribution >= 4 is 5.97 Å². The highest BCUT2D eigenvalue weighted by atomic mass is 16.4. The molecule has 0 aromatic carbocycles. The van der Waals surface area contributed by atoms with Crippen LogP contribution in [-0.2, 0) is 4.79 Å². The van der Waals surface area contributed by atoms with E-state index < -0.39 is 11.5 Å². The van der Waals surface area contributed by atoms with Gasteiger partial charge in [-0.05, 0) is 64.5 Å². The maximum Gasteiger partial charge on any atom is 0.323 e. The summed E-state index contributed by atoms with van der Waals surface area (Å²) < 4.78 is 0. The van der Waals surface area contributed by atoms with Gasteiger partial charge >= 0.3 is 5.97 Å². The number of carboxylic acids is 1. The van der Waals surface area contributed by atoms with Gasteiger partial charge in [-0.15, -0.1) is 0 Å². The number of aliphatic carboxylic acids is 1. The fourth-order valence-corrected chi connectivity index (χ4v) is 3.18. The zero-order chi connectivity index (χ0) is 14.6. The quantitative estimate of drug-likeness (QED) is 0.638. The Morgan fingerprint density at radius 3 is 2.65 bits per heavy atom. The molecule has 0 radical (unpaired) electrons. The second-order valence-corrected chi connectivity index (χ2v) is 6.88. The van der Waals surface area contributed by atoms with Crippen LogP contribution < -0.4 is 5.32 Å². The third-order valence-electron chi connectivity index (χ3n) is 4.92. The summed E-state index contributed by atoms with van der Waals surface area (Å²) in [7, 11) is 0. The fourth-order valence-electron chi connectivity index (χ4n) is 3.18. The number of carboxylic acid groups (broad SMARTS) is 1. The average molecular weight is 282 g/mol. The van der Waals surface area contributed by atoms with Crippen LogP contribution in [-0.4, -0.2) is 47.2 Å². The molecule has 2 rings (SSSR count). The van der Waals surface area contributed by atoms with Crippen molar-refractivity contribution in [2.75, 3.05) is 19.6 Å². The van der Waals surface area contributed by atoms with E-state index >= 15 is 0 Å².